The summed E-state index contributed by atoms with van der Waals surface area (Å²) in [5.74, 6) is 3.01. The van der Waals surface area contributed by atoms with E-state index in [-0.39, 0.29) is 11.7 Å². The molecule has 0 saturated carbocycles. The van der Waals surface area contributed by atoms with Crippen molar-refractivity contribution in [2.45, 2.75) is 43.8 Å². The van der Waals surface area contributed by atoms with Crippen LogP contribution >= 0.6 is 11.8 Å². The highest BCUT2D eigenvalue weighted by Crippen LogP contribution is 2.27. The number of aryl methyl sites for hydroxylation is 1. The predicted octanol–water partition coefficient (Wildman–Crippen LogP) is 3.70. The van der Waals surface area contributed by atoms with Crippen molar-refractivity contribution < 1.29 is 4.79 Å². The molecule has 2 aromatic heterocycles. The zero-order chi connectivity index (χ0) is 23.2. The predicted molar refractivity (Wildman–Crippen MR) is 132 cm³/mol. The smallest absolute Gasteiger partial charge is 0.230 e. The van der Waals surface area contributed by atoms with Crippen LogP contribution < -0.4 is 5.32 Å². The number of carbonyl (C=O) groups excluding carboxylic acids is 1. The summed E-state index contributed by atoms with van der Waals surface area (Å²) in [6.07, 6.45) is 5.24. The normalized spacial score (nSPS) is 13.3. The Morgan fingerprint density at radius 2 is 1.71 bits per heavy atom. The van der Waals surface area contributed by atoms with E-state index in [9.17, 15) is 4.79 Å². The summed E-state index contributed by atoms with van der Waals surface area (Å²) in [4.78, 5) is 12.6. The van der Waals surface area contributed by atoms with E-state index in [0.717, 1.165) is 48.1 Å². The van der Waals surface area contributed by atoms with Gasteiger partial charge in [-0.2, -0.15) is 0 Å². The van der Waals surface area contributed by atoms with E-state index in [1.54, 1.807) is 0 Å². The Morgan fingerprint density at radius 3 is 2.53 bits per heavy atom. The van der Waals surface area contributed by atoms with Gasteiger partial charge in [0.2, 0.25) is 5.91 Å². The number of benzene rings is 2. The summed E-state index contributed by atoms with van der Waals surface area (Å²) >= 11 is 1.38. The van der Waals surface area contributed by atoms with Gasteiger partial charge in [-0.25, -0.2) is 0 Å². The van der Waals surface area contributed by atoms with Crippen LogP contribution in [0.3, 0.4) is 0 Å². The minimum Gasteiger partial charge on any atom is -0.355 e. The van der Waals surface area contributed by atoms with Crippen LogP contribution in [0.15, 0.2) is 65.8 Å². The van der Waals surface area contributed by atoms with Gasteiger partial charge in [-0.05, 0) is 25.0 Å². The number of amides is 1. The van der Waals surface area contributed by atoms with E-state index in [0.29, 0.717) is 18.1 Å². The largest absolute Gasteiger partial charge is 0.355 e. The van der Waals surface area contributed by atoms with Crippen LogP contribution in [0.1, 0.15) is 30.9 Å². The third-order valence-electron chi connectivity index (χ3n) is 5.87. The molecule has 1 aliphatic rings. The molecule has 0 unspecified atom stereocenters. The van der Waals surface area contributed by atoms with E-state index in [1.807, 2.05) is 65.2 Å². The second kappa shape index (κ2) is 10.6. The minimum atomic E-state index is -0.0375. The summed E-state index contributed by atoms with van der Waals surface area (Å²) in [5.41, 5.74) is 1.93. The van der Waals surface area contributed by atoms with Crippen molar-refractivity contribution in [2.75, 3.05) is 12.3 Å². The molecule has 5 rings (SSSR count). The van der Waals surface area contributed by atoms with Crippen molar-refractivity contribution in [1.82, 2.24) is 34.8 Å². The number of thioether (sulfide) groups is 1. The Balaban J connectivity index is 1.23. The lowest BCUT2D eigenvalue weighted by Crippen LogP contribution is -2.28. The summed E-state index contributed by atoms with van der Waals surface area (Å²) < 4.78 is 4.22. The van der Waals surface area contributed by atoms with Crippen LogP contribution in [0.4, 0.5) is 0 Å². The quantitative estimate of drug-likeness (QED) is 0.393. The lowest BCUT2D eigenvalue weighted by molar-refractivity contribution is -0.118. The Kier molecular flexibility index (Phi) is 6.99. The monoisotopic (exact) mass is 473 g/mol. The summed E-state index contributed by atoms with van der Waals surface area (Å²) in [6, 6.07) is 19.9. The first-order chi connectivity index (χ1) is 16.8. The second-order valence-electron chi connectivity index (χ2n) is 8.23. The molecule has 1 amide bonds. The molecule has 1 aliphatic heterocycles. The number of fused-ring (bicyclic) bond motifs is 1. The van der Waals surface area contributed by atoms with Gasteiger partial charge in [0.1, 0.15) is 11.6 Å². The fourth-order valence-corrected chi connectivity index (χ4v) is 4.95. The average molecular weight is 474 g/mol. The Bertz CT molecular complexity index is 1240. The number of hydrogen-bond acceptors (Lipinski definition) is 6. The third kappa shape index (κ3) is 5.04. The van der Waals surface area contributed by atoms with Gasteiger partial charge in [-0.15, -0.1) is 20.4 Å². The van der Waals surface area contributed by atoms with Gasteiger partial charge in [-0.3, -0.25) is 9.36 Å². The summed E-state index contributed by atoms with van der Waals surface area (Å²) in [7, 11) is 0. The van der Waals surface area contributed by atoms with Crippen LogP contribution in [-0.4, -0.2) is 47.7 Å². The summed E-state index contributed by atoms with van der Waals surface area (Å²) in [5, 5.41) is 21.2. The standard InChI is InChI=1S/C25H27N7OS/c33-23(26-16-15-22-28-27-21-14-8-3-9-17-31(21)22)18-34-25-30-29-24(19-10-4-1-5-11-19)32(25)20-12-6-2-7-13-20/h1-2,4-7,10-13H,3,8-9,14-18H2,(H,26,33). The van der Waals surface area contributed by atoms with Gasteiger partial charge < -0.3 is 9.88 Å². The lowest BCUT2D eigenvalue weighted by atomic mass is 10.2. The minimum absolute atomic E-state index is 0.0375. The molecule has 3 heterocycles. The number of carbonyl (C=O) groups is 1. The molecule has 0 radical (unpaired) electrons. The van der Waals surface area contributed by atoms with Crippen molar-refractivity contribution >= 4 is 17.7 Å². The molecule has 0 fully saturated rings. The molecule has 0 saturated heterocycles. The van der Waals surface area contributed by atoms with Crippen LogP contribution in [0, 0.1) is 0 Å². The van der Waals surface area contributed by atoms with Gasteiger partial charge in [0.05, 0.1) is 5.75 Å². The molecular weight excluding hydrogens is 446 g/mol. The van der Waals surface area contributed by atoms with Crippen LogP contribution in [0.5, 0.6) is 0 Å². The molecule has 0 aliphatic carbocycles. The van der Waals surface area contributed by atoms with Crippen LogP contribution in [-0.2, 0) is 24.2 Å². The van der Waals surface area contributed by atoms with Gasteiger partial charge in [0.25, 0.3) is 0 Å². The molecule has 0 spiro atoms. The second-order valence-corrected chi connectivity index (χ2v) is 9.17. The first-order valence-electron chi connectivity index (χ1n) is 11.7. The zero-order valence-corrected chi connectivity index (χ0v) is 19.7. The van der Waals surface area contributed by atoms with E-state index < -0.39 is 0 Å². The Labute approximate surface area is 202 Å². The maximum Gasteiger partial charge on any atom is 0.230 e. The van der Waals surface area contributed by atoms with Gasteiger partial charge in [-0.1, -0.05) is 66.7 Å². The fraction of sp³-hybridized carbons (Fsp3) is 0.320. The molecule has 2 aromatic carbocycles. The molecule has 174 valence electrons. The third-order valence-corrected chi connectivity index (χ3v) is 6.80. The van der Waals surface area contributed by atoms with Gasteiger partial charge in [0, 0.05) is 37.2 Å². The first-order valence-corrected chi connectivity index (χ1v) is 12.6. The fourth-order valence-electron chi connectivity index (χ4n) is 4.17. The van der Waals surface area contributed by atoms with Crippen molar-refractivity contribution in [3.05, 3.63) is 72.3 Å². The topological polar surface area (TPSA) is 90.5 Å². The molecular formula is C25H27N7OS. The van der Waals surface area contributed by atoms with Gasteiger partial charge >= 0.3 is 0 Å². The van der Waals surface area contributed by atoms with E-state index in [4.69, 9.17) is 0 Å². The van der Waals surface area contributed by atoms with Crippen molar-refractivity contribution in [2.24, 2.45) is 0 Å². The number of nitrogens with zero attached hydrogens (tertiary/aromatic N) is 6. The first kappa shape index (κ1) is 22.3. The summed E-state index contributed by atoms with van der Waals surface area (Å²) in [6.45, 7) is 1.51. The van der Waals surface area contributed by atoms with Crippen molar-refractivity contribution in [3.63, 3.8) is 0 Å². The van der Waals surface area contributed by atoms with E-state index in [1.165, 1.54) is 24.6 Å². The number of hydrogen-bond donors (Lipinski definition) is 1. The number of nitrogens with one attached hydrogen (secondary N) is 1. The lowest BCUT2D eigenvalue weighted by Gasteiger charge is -2.10. The molecule has 4 aromatic rings. The number of para-hydroxylation sites is 1. The molecule has 34 heavy (non-hydrogen) atoms. The number of rotatable bonds is 8. The Hall–Kier alpha value is -3.46. The number of aromatic nitrogens is 6. The van der Waals surface area contributed by atoms with Crippen molar-refractivity contribution in [1.29, 1.82) is 0 Å². The van der Waals surface area contributed by atoms with Crippen LogP contribution in [0.2, 0.25) is 0 Å². The molecule has 9 heteroatoms. The van der Waals surface area contributed by atoms with Crippen LogP contribution in [0.25, 0.3) is 17.1 Å². The highest BCUT2D eigenvalue weighted by Gasteiger charge is 2.18. The SMILES string of the molecule is O=C(CSc1nnc(-c2ccccc2)n1-c1ccccc1)NCCc1nnc2n1CCCCC2. The average Bonchev–Trinajstić information content (AvgIpc) is 3.40. The highest BCUT2D eigenvalue weighted by atomic mass is 32.2. The molecule has 0 bridgehead atoms. The Morgan fingerprint density at radius 1 is 0.912 bits per heavy atom. The van der Waals surface area contributed by atoms with E-state index in [2.05, 4.69) is 30.3 Å². The molecule has 1 N–H and O–H groups in total. The maximum atomic E-state index is 12.6. The highest BCUT2D eigenvalue weighted by molar-refractivity contribution is 7.99. The zero-order valence-electron chi connectivity index (χ0n) is 18.9. The van der Waals surface area contributed by atoms with Crippen molar-refractivity contribution in [3.8, 4) is 17.1 Å². The van der Waals surface area contributed by atoms with E-state index >= 15 is 0 Å². The molecule has 8 nitrogen and oxygen atoms in total. The molecule has 0 atom stereocenters. The van der Waals surface area contributed by atoms with Gasteiger partial charge in [0.15, 0.2) is 11.0 Å². The maximum absolute atomic E-state index is 12.6.